The fourth-order valence-corrected chi connectivity index (χ4v) is 3.15. The minimum Gasteiger partial charge on any atom is -0.309 e. The first-order chi connectivity index (χ1) is 9.75. The Morgan fingerprint density at radius 2 is 1.65 bits per heavy atom. The number of likely N-dealkylation sites (N-methyl/N-ethyl adjacent to an activating group) is 1. The average molecular weight is 263 g/mol. The van der Waals surface area contributed by atoms with Gasteiger partial charge in [-0.25, -0.2) is 0 Å². The van der Waals surface area contributed by atoms with E-state index in [4.69, 9.17) is 0 Å². The quantitative estimate of drug-likeness (QED) is 0.801. The van der Waals surface area contributed by atoms with Crippen molar-refractivity contribution in [2.75, 3.05) is 20.6 Å². The zero-order chi connectivity index (χ0) is 13.9. The summed E-state index contributed by atoms with van der Waals surface area (Å²) in [7, 11) is 4.31. The van der Waals surface area contributed by atoms with Crippen molar-refractivity contribution in [1.29, 1.82) is 0 Å². The SMILES string of the molecule is CN(C)CC(c1ccccc1)C1C=Cc2ccccc21. The van der Waals surface area contributed by atoms with Crippen LogP contribution in [0.25, 0.3) is 6.08 Å². The van der Waals surface area contributed by atoms with E-state index in [0.29, 0.717) is 11.8 Å². The highest BCUT2D eigenvalue weighted by atomic mass is 15.1. The second-order valence-electron chi connectivity index (χ2n) is 5.79. The third kappa shape index (κ3) is 2.54. The van der Waals surface area contributed by atoms with Gasteiger partial charge in [-0.15, -0.1) is 0 Å². The number of hydrogen-bond donors (Lipinski definition) is 0. The Balaban J connectivity index is 1.97. The Morgan fingerprint density at radius 1 is 0.950 bits per heavy atom. The summed E-state index contributed by atoms with van der Waals surface area (Å²) in [6.45, 7) is 1.06. The van der Waals surface area contributed by atoms with Crippen LogP contribution in [-0.4, -0.2) is 25.5 Å². The van der Waals surface area contributed by atoms with Gasteiger partial charge in [0.05, 0.1) is 0 Å². The fourth-order valence-electron chi connectivity index (χ4n) is 3.15. The zero-order valence-electron chi connectivity index (χ0n) is 12.2. The summed E-state index contributed by atoms with van der Waals surface area (Å²) in [5.41, 5.74) is 4.26. The number of rotatable bonds is 4. The van der Waals surface area contributed by atoms with Gasteiger partial charge in [-0.2, -0.15) is 0 Å². The Hall–Kier alpha value is -1.86. The van der Waals surface area contributed by atoms with Crippen molar-refractivity contribution in [3.63, 3.8) is 0 Å². The lowest BCUT2D eigenvalue weighted by molar-refractivity contribution is 0.361. The summed E-state index contributed by atoms with van der Waals surface area (Å²) in [6.07, 6.45) is 4.64. The molecule has 0 radical (unpaired) electrons. The molecule has 0 aromatic heterocycles. The van der Waals surface area contributed by atoms with Crippen molar-refractivity contribution in [2.45, 2.75) is 11.8 Å². The Bertz CT molecular complexity index is 598. The van der Waals surface area contributed by atoms with Crippen LogP contribution < -0.4 is 0 Å². The van der Waals surface area contributed by atoms with E-state index < -0.39 is 0 Å². The monoisotopic (exact) mass is 263 g/mol. The molecule has 20 heavy (non-hydrogen) atoms. The zero-order valence-corrected chi connectivity index (χ0v) is 12.2. The lowest BCUT2D eigenvalue weighted by atomic mass is 9.82. The predicted octanol–water partition coefficient (Wildman–Crippen LogP) is 4.14. The van der Waals surface area contributed by atoms with Crippen LogP contribution >= 0.6 is 0 Å². The summed E-state index contributed by atoms with van der Waals surface area (Å²) >= 11 is 0. The third-order valence-electron chi connectivity index (χ3n) is 4.06. The van der Waals surface area contributed by atoms with Crippen LogP contribution in [0.3, 0.4) is 0 Å². The fraction of sp³-hybridized carbons (Fsp3) is 0.263. The van der Waals surface area contributed by atoms with Gasteiger partial charge in [0.1, 0.15) is 0 Å². The molecule has 0 amide bonds. The molecule has 0 saturated heterocycles. The maximum atomic E-state index is 2.37. The van der Waals surface area contributed by atoms with Gasteiger partial charge in [-0.3, -0.25) is 0 Å². The van der Waals surface area contributed by atoms with E-state index in [2.05, 4.69) is 85.7 Å². The molecule has 0 fully saturated rings. The third-order valence-corrected chi connectivity index (χ3v) is 4.06. The van der Waals surface area contributed by atoms with Crippen molar-refractivity contribution < 1.29 is 0 Å². The molecule has 102 valence electrons. The smallest absolute Gasteiger partial charge is 0.0108 e. The van der Waals surface area contributed by atoms with Crippen LogP contribution in [0.15, 0.2) is 60.7 Å². The molecular weight excluding hydrogens is 242 g/mol. The number of hydrogen-bond acceptors (Lipinski definition) is 1. The van der Waals surface area contributed by atoms with Crippen LogP contribution in [0, 0.1) is 0 Å². The molecule has 2 unspecified atom stereocenters. The largest absolute Gasteiger partial charge is 0.309 e. The van der Waals surface area contributed by atoms with E-state index in [1.54, 1.807) is 0 Å². The first-order valence-electron chi connectivity index (χ1n) is 7.22. The molecule has 0 N–H and O–H groups in total. The molecule has 3 rings (SSSR count). The van der Waals surface area contributed by atoms with Gasteiger partial charge in [-0.05, 0) is 30.8 Å². The Kier molecular flexibility index (Phi) is 3.70. The van der Waals surface area contributed by atoms with Crippen molar-refractivity contribution in [3.8, 4) is 0 Å². The van der Waals surface area contributed by atoms with E-state index in [9.17, 15) is 0 Å². The second kappa shape index (κ2) is 5.64. The van der Waals surface area contributed by atoms with Crippen molar-refractivity contribution in [1.82, 2.24) is 4.90 Å². The summed E-state index contributed by atoms with van der Waals surface area (Å²) in [5.74, 6) is 0.988. The van der Waals surface area contributed by atoms with E-state index >= 15 is 0 Å². The van der Waals surface area contributed by atoms with E-state index in [1.165, 1.54) is 16.7 Å². The Labute approximate surface area is 121 Å². The van der Waals surface area contributed by atoms with Gasteiger partial charge in [-0.1, -0.05) is 66.7 Å². The van der Waals surface area contributed by atoms with Crippen LogP contribution in [-0.2, 0) is 0 Å². The minimum atomic E-state index is 0.482. The van der Waals surface area contributed by atoms with Crippen LogP contribution in [0.5, 0.6) is 0 Å². The van der Waals surface area contributed by atoms with Crippen LogP contribution in [0.2, 0.25) is 0 Å². The van der Waals surface area contributed by atoms with Crippen molar-refractivity contribution in [2.24, 2.45) is 0 Å². The topological polar surface area (TPSA) is 3.24 Å². The standard InChI is InChI=1S/C19H21N/c1-20(2)14-19(15-8-4-3-5-9-15)18-13-12-16-10-6-7-11-17(16)18/h3-13,18-19H,14H2,1-2H3. The summed E-state index contributed by atoms with van der Waals surface area (Å²) in [6, 6.07) is 19.6. The van der Waals surface area contributed by atoms with Crippen molar-refractivity contribution >= 4 is 6.08 Å². The van der Waals surface area contributed by atoms with Gasteiger partial charge in [0, 0.05) is 18.4 Å². The van der Waals surface area contributed by atoms with Gasteiger partial charge in [0.25, 0.3) is 0 Å². The molecule has 1 heteroatoms. The lowest BCUT2D eigenvalue weighted by Crippen LogP contribution is -2.24. The minimum absolute atomic E-state index is 0.482. The predicted molar refractivity (Wildman–Crippen MR) is 86.0 cm³/mol. The molecule has 2 aromatic rings. The molecule has 0 bridgehead atoms. The van der Waals surface area contributed by atoms with Gasteiger partial charge >= 0.3 is 0 Å². The van der Waals surface area contributed by atoms with Crippen molar-refractivity contribution in [3.05, 3.63) is 77.4 Å². The molecule has 1 aliphatic carbocycles. The van der Waals surface area contributed by atoms with E-state index in [1.807, 2.05) is 0 Å². The van der Waals surface area contributed by atoms with E-state index in [-0.39, 0.29) is 0 Å². The number of fused-ring (bicyclic) bond motifs is 1. The van der Waals surface area contributed by atoms with Gasteiger partial charge < -0.3 is 4.90 Å². The highest BCUT2D eigenvalue weighted by Gasteiger charge is 2.27. The molecule has 1 aliphatic rings. The maximum absolute atomic E-state index is 2.37. The first kappa shape index (κ1) is 13.1. The highest BCUT2D eigenvalue weighted by molar-refractivity contribution is 5.63. The molecule has 0 aliphatic heterocycles. The molecule has 0 saturated carbocycles. The number of benzene rings is 2. The summed E-state index contributed by atoms with van der Waals surface area (Å²) in [5, 5.41) is 0. The Morgan fingerprint density at radius 3 is 2.40 bits per heavy atom. The molecule has 2 aromatic carbocycles. The lowest BCUT2D eigenvalue weighted by Gasteiger charge is -2.27. The highest BCUT2D eigenvalue weighted by Crippen LogP contribution is 2.40. The second-order valence-corrected chi connectivity index (χ2v) is 5.79. The average Bonchev–Trinajstić information content (AvgIpc) is 2.89. The van der Waals surface area contributed by atoms with Crippen LogP contribution in [0.1, 0.15) is 28.5 Å². The normalized spacial score (nSPS) is 18.2. The maximum Gasteiger partial charge on any atom is 0.0108 e. The molecule has 0 heterocycles. The van der Waals surface area contributed by atoms with Crippen LogP contribution in [0.4, 0.5) is 0 Å². The molecule has 0 spiro atoms. The molecule has 1 nitrogen and oxygen atoms in total. The number of nitrogens with zero attached hydrogens (tertiary/aromatic N) is 1. The molecule has 2 atom stereocenters. The van der Waals surface area contributed by atoms with Gasteiger partial charge in [0.15, 0.2) is 0 Å². The van der Waals surface area contributed by atoms with E-state index in [0.717, 1.165) is 6.54 Å². The summed E-state index contributed by atoms with van der Waals surface area (Å²) in [4.78, 5) is 2.28. The summed E-state index contributed by atoms with van der Waals surface area (Å²) < 4.78 is 0. The first-order valence-corrected chi connectivity index (χ1v) is 7.22. The van der Waals surface area contributed by atoms with Gasteiger partial charge in [0.2, 0.25) is 0 Å². The number of allylic oxidation sites excluding steroid dienone is 1. The molecular formula is C19H21N.